The molecule has 2 aromatic heterocycles. The molecule has 2 aliphatic carbocycles. The third-order valence-electron chi connectivity index (χ3n) is 13.5. The van der Waals surface area contributed by atoms with Gasteiger partial charge in [0.25, 0.3) is 0 Å². The van der Waals surface area contributed by atoms with Crippen LogP contribution in [0.4, 0.5) is 4.39 Å². The predicted octanol–water partition coefficient (Wildman–Crippen LogP) is 6.59. The molecule has 10 rings (SSSR count). The van der Waals surface area contributed by atoms with Gasteiger partial charge in [0.05, 0.1) is 30.6 Å². The normalized spacial score (nSPS) is 22.9. The third kappa shape index (κ3) is 5.48. The highest BCUT2D eigenvalue weighted by Crippen LogP contribution is 2.52. The van der Waals surface area contributed by atoms with Crippen LogP contribution < -0.4 is 9.47 Å². The van der Waals surface area contributed by atoms with Crippen molar-refractivity contribution in [1.82, 2.24) is 29.6 Å². The van der Waals surface area contributed by atoms with Crippen molar-refractivity contribution in [2.45, 2.75) is 51.6 Å². The number of hydrogen-bond acceptors (Lipinski definition) is 8. The van der Waals surface area contributed by atoms with E-state index in [0.717, 1.165) is 94.7 Å². The molecule has 6 aliphatic rings. The minimum Gasteiger partial charge on any atom is -0.481 e. The summed E-state index contributed by atoms with van der Waals surface area (Å²) in [4.78, 5) is 42.3. The number of nitrogens with zero attached hydrogens (tertiary/aromatic N) is 6. The van der Waals surface area contributed by atoms with E-state index in [-0.39, 0.29) is 34.7 Å². The molecule has 4 saturated heterocycles. The van der Waals surface area contributed by atoms with Gasteiger partial charge in [-0.05, 0) is 55.0 Å². The van der Waals surface area contributed by atoms with E-state index in [4.69, 9.17) is 31.0 Å². The highest BCUT2D eigenvalue weighted by atomic mass is 35.5. The summed E-state index contributed by atoms with van der Waals surface area (Å²) in [7, 11) is 3.30. The van der Waals surface area contributed by atoms with E-state index in [0.29, 0.717) is 50.4 Å². The summed E-state index contributed by atoms with van der Waals surface area (Å²) < 4.78 is 28.6. The van der Waals surface area contributed by atoms with Crippen LogP contribution in [0.3, 0.4) is 0 Å². The van der Waals surface area contributed by atoms with Gasteiger partial charge in [-0.2, -0.15) is 0 Å². The first-order valence-corrected chi connectivity index (χ1v) is 20.1. The van der Waals surface area contributed by atoms with Gasteiger partial charge in [0, 0.05) is 122 Å². The van der Waals surface area contributed by atoms with Crippen molar-refractivity contribution in [2.75, 3.05) is 66.6 Å². The summed E-state index contributed by atoms with van der Waals surface area (Å²) >= 11 is 7.20. The number of hydrogen-bond donors (Lipinski definition) is 0. The number of rotatable bonds is 7. The fourth-order valence-electron chi connectivity index (χ4n) is 10.8. The summed E-state index contributed by atoms with van der Waals surface area (Å²) in [6.07, 6.45) is 3.70. The van der Waals surface area contributed by atoms with Crippen LogP contribution in [0.25, 0.3) is 33.6 Å². The van der Waals surface area contributed by atoms with Gasteiger partial charge in [0.2, 0.25) is 23.6 Å². The van der Waals surface area contributed by atoms with Crippen molar-refractivity contribution in [3.63, 3.8) is 0 Å². The molecule has 0 bridgehead atoms. The molecule has 0 radical (unpaired) electrons. The van der Waals surface area contributed by atoms with Crippen LogP contribution in [0.2, 0.25) is 5.02 Å². The van der Waals surface area contributed by atoms with E-state index in [2.05, 4.69) is 15.9 Å². The number of benzene rings is 2. The van der Waals surface area contributed by atoms with Crippen LogP contribution in [0.1, 0.15) is 61.0 Å². The maximum Gasteiger partial charge on any atom is 0.219 e. The largest absolute Gasteiger partial charge is 0.481 e. The number of carbonyl (C=O) groups is 2. The number of halogens is 2. The number of ether oxygens (including phenoxy) is 2. The fourth-order valence-corrected chi connectivity index (χ4v) is 11.1. The zero-order valence-electron chi connectivity index (χ0n) is 32.3. The standard InChI is InChI=1S/C44H46ClFN6O4/c1-25(53)49-17-43(18-49)21-51(22-43)35-13-11-27-15-33(47-41(55-3)37(27)35)31-9-5-7-29(39(31)45)30-8-6-10-32(40(30)46)34-16-28-12-14-36(38(28)42(48-34)56-4)52-23-44(24-52)19-50(20-44)26(2)54/h5-10,15-16,35-36H,11-14,17-24H2,1-4H3/t35-,36-/m1/s1. The molecule has 12 heteroatoms. The average Bonchev–Trinajstić information content (AvgIpc) is 3.73. The average molecular weight is 777 g/mol. The van der Waals surface area contributed by atoms with Gasteiger partial charge in [-0.25, -0.2) is 14.4 Å². The van der Waals surface area contributed by atoms with E-state index in [1.165, 1.54) is 5.56 Å². The number of fused-ring (bicyclic) bond motifs is 2. The third-order valence-corrected chi connectivity index (χ3v) is 13.9. The Morgan fingerprint density at radius 2 is 1.11 bits per heavy atom. The quantitative estimate of drug-likeness (QED) is 0.208. The SMILES string of the molecule is COc1nc(-c2cccc(-c3cccc(-c4cc5c(c(OC)n4)[C@H](N4CC6(CN(C(C)=O)C6)C4)CC5)c3Cl)c2F)cc2c1[C@H](N1CC3(CN(C(C)=O)C3)C1)CC2. The molecule has 0 saturated carbocycles. The number of pyridine rings is 2. The van der Waals surface area contributed by atoms with Crippen LogP contribution >= 0.6 is 11.6 Å². The molecule has 2 aromatic carbocycles. The lowest BCUT2D eigenvalue weighted by Gasteiger charge is -2.61. The summed E-state index contributed by atoms with van der Waals surface area (Å²) in [6.45, 7) is 10.5. The summed E-state index contributed by atoms with van der Waals surface area (Å²) in [6, 6.07) is 15.6. The Labute approximate surface area is 331 Å². The molecule has 6 heterocycles. The van der Waals surface area contributed by atoms with E-state index >= 15 is 4.39 Å². The topological polar surface area (TPSA) is 91.3 Å². The van der Waals surface area contributed by atoms with Crippen molar-refractivity contribution in [2.24, 2.45) is 10.8 Å². The van der Waals surface area contributed by atoms with Gasteiger partial charge < -0.3 is 19.3 Å². The molecule has 4 fully saturated rings. The lowest BCUT2D eigenvalue weighted by Crippen LogP contribution is -2.72. The van der Waals surface area contributed by atoms with E-state index in [1.807, 2.05) is 40.1 Å². The minimum atomic E-state index is -0.396. The molecule has 2 atom stereocenters. The number of carbonyl (C=O) groups excluding carboxylic acids is 2. The molecular formula is C44H46ClFN6O4. The molecule has 2 amide bonds. The first-order chi connectivity index (χ1) is 27.0. The highest BCUT2D eigenvalue weighted by molar-refractivity contribution is 6.36. The van der Waals surface area contributed by atoms with E-state index in [1.54, 1.807) is 40.2 Å². The second-order valence-electron chi connectivity index (χ2n) is 17.2. The monoisotopic (exact) mass is 776 g/mol. The first-order valence-electron chi connectivity index (χ1n) is 19.7. The summed E-state index contributed by atoms with van der Waals surface area (Å²) in [5.74, 6) is 1.04. The van der Waals surface area contributed by atoms with Crippen molar-refractivity contribution in [3.8, 4) is 45.4 Å². The van der Waals surface area contributed by atoms with Crippen molar-refractivity contribution in [3.05, 3.63) is 81.6 Å². The number of methoxy groups -OCH3 is 2. The van der Waals surface area contributed by atoms with Crippen LogP contribution in [0.5, 0.6) is 11.8 Å². The second kappa shape index (κ2) is 13.0. The van der Waals surface area contributed by atoms with E-state index < -0.39 is 5.82 Å². The molecular weight excluding hydrogens is 731 g/mol. The number of likely N-dealkylation sites (tertiary alicyclic amines) is 4. The van der Waals surface area contributed by atoms with Crippen molar-refractivity contribution < 1.29 is 23.5 Å². The second-order valence-corrected chi connectivity index (χ2v) is 17.6. The molecule has 0 unspecified atom stereocenters. The van der Waals surface area contributed by atoms with Gasteiger partial charge in [0.1, 0.15) is 5.82 Å². The van der Waals surface area contributed by atoms with Crippen LogP contribution in [0, 0.1) is 16.6 Å². The Balaban J connectivity index is 0.909. The Hall–Kier alpha value is -4.58. The number of amides is 2. The predicted molar refractivity (Wildman–Crippen MR) is 211 cm³/mol. The molecule has 2 spiro atoms. The minimum absolute atomic E-state index is 0.144. The Bertz CT molecular complexity index is 2150. The van der Waals surface area contributed by atoms with Crippen LogP contribution in [-0.4, -0.2) is 108 Å². The molecule has 10 nitrogen and oxygen atoms in total. The Morgan fingerprint density at radius 1 is 0.679 bits per heavy atom. The van der Waals surface area contributed by atoms with Crippen molar-refractivity contribution >= 4 is 23.4 Å². The number of aryl methyl sites for hydroxylation is 2. The van der Waals surface area contributed by atoms with Gasteiger partial charge >= 0.3 is 0 Å². The molecule has 4 aliphatic heterocycles. The van der Waals surface area contributed by atoms with Gasteiger partial charge in [-0.15, -0.1) is 0 Å². The zero-order valence-corrected chi connectivity index (χ0v) is 33.1. The Morgan fingerprint density at radius 3 is 1.57 bits per heavy atom. The van der Waals surface area contributed by atoms with Gasteiger partial charge in [0.15, 0.2) is 0 Å². The summed E-state index contributed by atoms with van der Waals surface area (Å²) in [5, 5.41) is 0.421. The maximum atomic E-state index is 16.8. The highest BCUT2D eigenvalue weighted by Gasteiger charge is 2.56. The molecule has 4 aromatic rings. The van der Waals surface area contributed by atoms with Crippen LogP contribution in [0.15, 0.2) is 48.5 Å². The van der Waals surface area contributed by atoms with Gasteiger partial charge in [-0.3, -0.25) is 19.4 Å². The maximum absolute atomic E-state index is 16.8. The fraction of sp³-hybridized carbons (Fsp3) is 0.455. The first kappa shape index (κ1) is 35.8. The van der Waals surface area contributed by atoms with Gasteiger partial charge in [-0.1, -0.05) is 41.9 Å². The molecule has 290 valence electrons. The van der Waals surface area contributed by atoms with Crippen molar-refractivity contribution in [1.29, 1.82) is 0 Å². The lowest BCUT2D eigenvalue weighted by atomic mass is 9.72. The van der Waals surface area contributed by atoms with E-state index in [9.17, 15) is 9.59 Å². The number of aromatic nitrogens is 2. The van der Waals surface area contributed by atoms with Crippen LogP contribution in [-0.2, 0) is 22.4 Å². The summed E-state index contributed by atoms with van der Waals surface area (Å²) in [5.41, 5.74) is 8.29. The molecule has 56 heavy (non-hydrogen) atoms. The smallest absolute Gasteiger partial charge is 0.219 e. The molecule has 0 N–H and O–H groups in total. The zero-order chi connectivity index (χ0) is 38.7. The lowest BCUT2D eigenvalue weighted by molar-refractivity contribution is -0.161. The Kier molecular flexibility index (Phi) is 8.30.